The molecule has 1 heterocycles. The standard InChI is InChI=1S/C24H26N2O2S/c1-24(2,3)15-11-12-18-19(13-15)29-23(20(18)21(25)27)26-22(28)17-10-6-8-14-7-4-5-9-16(14)17/h4-10,15H,11-13H2,1-3H3,(H2,25,27)(H,26,28)/t15-/m1/s1. The minimum Gasteiger partial charge on any atom is -0.365 e. The molecule has 0 spiro atoms. The van der Waals surface area contributed by atoms with E-state index in [0.717, 1.165) is 35.6 Å². The second-order valence-corrected chi connectivity index (χ2v) is 9.96. The van der Waals surface area contributed by atoms with Gasteiger partial charge in [-0.1, -0.05) is 57.2 Å². The molecule has 0 aliphatic heterocycles. The summed E-state index contributed by atoms with van der Waals surface area (Å²) in [5.41, 5.74) is 8.04. The topological polar surface area (TPSA) is 72.2 Å². The number of anilines is 1. The zero-order chi connectivity index (χ0) is 20.8. The van der Waals surface area contributed by atoms with Crippen molar-refractivity contribution in [2.24, 2.45) is 17.1 Å². The molecule has 0 unspecified atom stereocenters. The van der Waals surface area contributed by atoms with Crippen LogP contribution < -0.4 is 11.1 Å². The average molecular weight is 407 g/mol. The Kier molecular flexibility index (Phi) is 4.95. The Morgan fingerprint density at radius 2 is 1.83 bits per heavy atom. The van der Waals surface area contributed by atoms with Gasteiger partial charge in [-0.25, -0.2) is 0 Å². The van der Waals surface area contributed by atoms with Gasteiger partial charge < -0.3 is 11.1 Å². The van der Waals surface area contributed by atoms with Crippen LogP contribution in [0.2, 0.25) is 0 Å². The molecule has 0 saturated heterocycles. The lowest BCUT2D eigenvalue weighted by atomic mass is 9.72. The maximum absolute atomic E-state index is 13.1. The van der Waals surface area contributed by atoms with Crippen molar-refractivity contribution >= 4 is 38.9 Å². The van der Waals surface area contributed by atoms with E-state index >= 15 is 0 Å². The summed E-state index contributed by atoms with van der Waals surface area (Å²) >= 11 is 1.51. The molecule has 0 bridgehead atoms. The van der Waals surface area contributed by atoms with Gasteiger partial charge in [-0.3, -0.25) is 9.59 Å². The third kappa shape index (κ3) is 3.67. The molecule has 0 radical (unpaired) electrons. The van der Waals surface area contributed by atoms with Gasteiger partial charge in [0.1, 0.15) is 5.00 Å². The van der Waals surface area contributed by atoms with Crippen molar-refractivity contribution in [3.63, 3.8) is 0 Å². The summed E-state index contributed by atoms with van der Waals surface area (Å²) in [6, 6.07) is 13.5. The molecule has 5 heteroatoms. The Morgan fingerprint density at radius 1 is 1.10 bits per heavy atom. The Bertz CT molecular complexity index is 1100. The van der Waals surface area contributed by atoms with Crippen molar-refractivity contribution in [3.05, 3.63) is 64.0 Å². The van der Waals surface area contributed by atoms with Crippen LogP contribution in [0.25, 0.3) is 10.8 Å². The van der Waals surface area contributed by atoms with Crippen molar-refractivity contribution in [2.75, 3.05) is 5.32 Å². The predicted octanol–water partition coefficient (Wildman–Crippen LogP) is 5.40. The number of carbonyl (C=O) groups excluding carboxylic acids is 2. The molecule has 1 atom stereocenters. The first-order chi connectivity index (χ1) is 13.8. The van der Waals surface area contributed by atoms with Gasteiger partial charge in [-0.15, -0.1) is 11.3 Å². The third-order valence-corrected chi connectivity index (χ3v) is 7.17. The van der Waals surface area contributed by atoms with Crippen LogP contribution in [0.3, 0.4) is 0 Å². The zero-order valence-corrected chi connectivity index (χ0v) is 17.9. The van der Waals surface area contributed by atoms with Crippen LogP contribution in [-0.4, -0.2) is 11.8 Å². The molecule has 0 fully saturated rings. The lowest BCUT2D eigenvalue weighted by molar-refractivity contribution is 0.1000. The van der Waals surface area contributed by atoms with Gasteiger partial charge in [0, 0.05) is 10.4 Å². The molecular weight excluding hydrogens is 380 g/mol. The van der Waals surface area contributed by atoms with Gasteiger partial charge in [0.15, 0.2) is 0 Å². The Morgan fingerprint density at radius 3 is 2.55 bits per heavy atom. The zero-order valence-electron chi connectivity index (χ0n) is 17.0. The molecule has 1 aliphatic carbocycles. The van der Waals surface area contributed by atoms with E-state index in [2.05, 4.69) is 26.1 Å². The van der Waals surface area contributed by atoms with Crippen LogP contribution in [0.1, 0.15) is 58.3 Å². The number of nitrogens with two attached hydrogens (primary N) is 1. The van der Waals surface area contributed by atoms with Gasteiger partial charge in [-0.05, 0) is 53.0 Å². The lowest BCUT2D eigenvalue weighted by Crippen LogP contribution is -2.27. The molecule has 3 N–H and O–H groups in total. The van der Waals surface area contributed by atoms with Crippen LogP contribution in [-0.2, 0) is 12.8 Å². The molecule has 29 heavy (non-hydrogen) atoms. The monoisotopic (exact) mass is 406 g/mol. The summed E-state index contributed by atoms with van der Waals surface area (Å²) in [6.45, 7) is 6.78. The number of rotatable bonds is 3. The van der Waals surface area contributed by atoms with Crippen LogP contribution in [0, 0.1) is 11.3 Å². The number of hydrogen-bond donors (Lipinski definition) is 2. The van der Waals surface area contributed by atoms with E-state index in [9.17, 15) is 9.59 Å². The highest BCUT2D eigenvalue weighted by Gasteiger charge is 2.33. The molecule has 2 aromatic carbocycles. The predicted molar refractivity (Wildman–Crippen MR) is 120 cm³/mol. The minimum absolute atomic E-state index is 0.209. The fourth-order valence-electron chi connectivity index (χ4n) is 4.27. The molecule has 2 amide bonds. The highest BCUT2D eigenvalue weighted by Crippen LogP contribution is 2.44. The molecule has 3 aromatic rings. The summed E-state index contributed by atoms with van der Waals surface area (Å²) < 4.78 is 0. The number of thiophene rings is 1. The van der Waals surface area contributed by atoms with Gasteiger partial charge in [0.2, 0.25) is 0 Å². The fourth-order valence-corrected chi connectivity index (χ4v) is 5.60. The van der Waals surface area contributed by atoms with E-state index in [1.807, 2.05) is 42.5 Å². The molecule has 150 valence electrons. The number of carbonyl (C=O) groups is 2. The quantitative estimate of drug-likeness (QED) is 0.611. The number of hydrogen-bond acceptors (Lipinski definition) is 3. The summed E-state index contributed by atoms with van der Waals surface area (Å²) in [6.07, 6.45) is 2.79. The number of nitrogens with one attached hydrogen (secondary N) is 1. The summed E-state index contributed by atoms with van der Waals surface area (Å²) in [4.78, 5) is 26.5. The lowest BCUT2D eigenvalue weighted by Gasteiger charge is -2.33. The summed E-state index contributed by atoms with van der Waals surface area (Å²) in [7, 11) is 0. The maximum Gasteiger partial charge on any atom is 0.256 e. The number of primary amides is 1. The Hall–Kier alpha value is -2.66. The van der Waals surface area contributed by atoms with E-state index in [1.165, 1.54) is 16.2 Å². The Balaban J connectivity index is 1.70. The molecule has 4 rings (SSSR count). The summed E-state index contributed by atoms with van der Waals surface area (Å²) in [5, 5.41) is 5.47. The summed E-state index contributed by atoms with van der Waals surface area (Å²) in [5.74, 6) is -0.129. The van der Waals surface area contributed by atoms with Crippen molar-refractivity contribution in [3.8, 4) is 0 Å². The second-order valence-electron chi connectivity index (χ2n) is 8.86. The van der Waals surface area contributed by atoms with Crippen molar-refractivity contribution in [1.82, 2.24) is 0 Å². The first kappa shape index (κ1) is 19.6. The van der Waals surface area contributed by atoms with E-state index in [1.54, 1.807) is 0 Å². The van der Waals surface area contributed by atoms with Crippen LogP contribution in [0.15, 0.2) is 42.5 Å². The highest BCUT2D eigenvalue weighted by atomic mass is 32.1. The Labute approximate surface area is 175 Å². The van der Waals surface area contributed by atoms with Gasteiger partial charge in [0.05, 0.1) is 5.56 Å². The maximum atomic E-state index is 13.1. The average Bonchev–Trinajstić information content (AvgIpc) is 3.03. The molecule has 1 aliphatic rings. The third-order valence-electron chi connectivity index (χ3n) is 6.00. The van der Waals surface area contributed by atoms with Crippen LogP contribution in [0.4, 0.5) is 5.00 Å². The van der Waals surface area contributed by atoms with Crippen LogP contribution >= 0.6 is 11.3 Å². The smallest absolute Gasteiger partial charge is 0.256 e. The van der Waals surface area contributed by atoms with Gasteiger partial charge in [-0.2, -0.15) is 0 Å². The first-order valence-electron chi connectivity index (χ1n) is 9.99. The second kappa shape index (κ2) is 7.30. The normalized spacial score (nSPS) is 16.4. The van der Waals surface area contributed by atoms with Gasteiger partial charge in [0.25, 0.3) is 11.8 Å². The van der Waals surface area contributed by atoms with E-state index in [4.69, 9.17) is 5.73 Å². The minimum atomic E-state index is -0.468. The fraction of sp³-hybridized carbons (Fsp3) is 0.333. The van der Waals surface area contributed by atoms with Crippen molar-refractivity contribution in [2.45, 2.75) is 40.0 Å². The SMILES string of the molecule is CC(C)(C)[C@@H]1CCc2c(sc(NC(=O)c3cccc4ccccc34)c2C(N)=O)C1. The van der Waals surface area contributed by atoms with E-state index < -0.39 is 5.91 Å². The number of benzene rings is 2. The van der Waals surface area contributed by atoms with E-state index in [0.29, 0.717) is 22.0 Å². The van der Waals surface area contributed by atoms with Gasteiger partial charge >= 0.3 is 0 Å². The number of amides is 2. The largest absolute Gasteiger partial charge is 0.365 e. The molecular formula is C24H26N2O2S. The van der Waals surface area contributed by atoms with Crippen LogP contribution in [0.5, 0.6) is 0 Å². The van der Waals surface area contributed by atoms with Crippen molar-refractivity contribution in [1.29, 1.82) is 0 Å². The van der Waals surface area contributed by atoms with E-state index in [-0.39, 0.29) is 11.3 Å². The number of fused-ring (bicyclic) bond motifs is 2. The van der Waals surface area contributed by atoms with Crippen molar-refractivity contribution < 1.29 is 9.59 Å². The molecule has 1 aromatic heterocycles. The molecule has 4 nitrogen and oxygen atoms in total. The highest BCUT2D eigenvalue weighted by molar-refractivity contribution is 7.17. The molecule has 0 saturated carbocycles. The first-order valence-corrected chi connectivity index (χ1v) is 10.8.